The van der Waals surface area contributed by atoms with Crippen LogP contribution in [0.4, 0.5) is 0 Å². The minimum Gasteiger partial charge on any atom is -0.376 e. The predicted molar refractivity (Wildman–Crippen MR) is 87.8 cm³/mol. The number of rotatable bonds is 6. The highest BCUT2D eigenvalue weighted by Crippen LogP contribution is 2.26. The van der Waals surface area contributed by atoms with Gasteiger partial charge in [0.15, 0.2) is 0 Å². The molecule has 8 heteroatoms. The van der Waals surface area contributed by atoms with E-state index in [2.05, 4.69) is 12.2 Å². The number of hydrogen-bond acceptors (Lipinski definition) is 4. The molecule has 1 aliphatic carbocycles. The number of amides is 1. The van der Waals surface area contributed by atoms with Gasteiger partial charge < -0.3 is 10.1 Å². The van der Waals surface area contributed by atoms with Gasteiger partial charge in [-0.1, -0.05) is 19.8 Å². The van der Waals surface area contributed by atoms with Crippen molar-refractivity contribution >= 4 is 16.1 Å². The second kappa shape index (κ2) is 8.41. The van der Waals surface area contributed by atoms with Gasteiger partial charge in [-0.3, -0.25) is 4.79 Å². The van der Waals surface area contributed by atoms with Crippen molar-refractivity contribution in [2.75, 3.05) is 26.2 Å². The molecule has 7 nitrogen and oxygen atoms in total. The van der Waals surface area contributed by atoms with Gasteiger partial charge in [0.05, 0.1) is 12.7 Å². The van der Waals surface area contributed by atoms with Crippen LogP contribution in [0.5, 0.6) is 0 Å². The second-order valence-corrected chi connectivity index (χ2v) is 8.23. The molecule has 1 amide bonds. The minimum atomic E-state index is -3.63. The summed E-state index contributed by atoms with van der Waals surface area (Å²) in [4.78, 5) is 12.1. The number of nitrogens with two attached hydrogens (primary N) is 1. The van der Waals surface area contributed by atoms with Gasteiger partial charge in [-0.15, -0.1) is 0 Å². The summed E-state index contributed by atoms with van der Waals surface area (Å²) in [5, 5.41) is 7.99. The van der Waals surface area contributed by atoms with Crippen LogP contribution in [0.2, 0.25) is 0 Å². The third-order valence-corrected chi connectivity index (χ3v) is 6.04. The van der Waals surface area contributed by atoms with Gasteiger partial charge in [0.2, 0.25) is 5.91 Å². The van der Waals surface area contributed by atoms with Crippen molar-refractivity contribution in [3.05, 3.63) is 0 Å². The molecule has 1 aliphatic heterocycles. The fourth-order valence-electron chi connectivity index (χ4n) is 3.43. The van der Waals surface area contributed by atoms with Crippen molar-refractivity contribution in [2.24, 2.45) is 17.0 Å². The summed E-state index contributed by atoms with van der Waals surface area (Å²) in [5.74, 6) is 0.447. The molecule has 0 aromatic heterocycles. The Morgan fingerprint density at radius 2 is 1.87 bits per heavy atom. The number of piperidine rings is 1. The highest BCUT2D eigenvalue weighted by Gasteiger charge is 2.29. The Hall–Kier alpha value is -0.700. The average molecular weight is 347 g/mol. The molecule has 0 radical (unpaired) electrons. The summed E-state index contributed by atoms with van der Waals surface area (Å²) in [6, 6.07) is 0. The first-order chi connectivity index (χ1) is 10.9. The van der Waals surface area contributed by atoms with Gasteiger partial charge >= 0.3 is 0 Å². The number of nitrogens with zero attached hydrogens (tertiary/aromatic N) is 1. The lowest BCUT2D eigenvalue weighted by molar-refractivity contribution is -0.126. The van der Waals surface area contributed by atoms with E-state index in [4.69, 9.17) is 9.88 Å². The van der Waals surface area contributed by atoms with Crippen LogP contribution in [0.15, 0.2) is 0 Å². The first-order valence-electron chi connectivity index (χ1n) is 8.55. The quantitative estimate of drug-likeness (QED) is 0.687. The maximum atomic E-state index is 12.1. The second-order valence-electron chi connectivity index (χ2n) is 6.68. The molecule has 2 fully saturated rings. The predicted octanol–water partition coefficient (Wildman–Crippen LogP) is 0.613. The van der Waals surface area contributed by atoms with Gasteiger partial charge in [0, 0.05) is 25.6 Å². The first kappa shape index (κ1) is 18.6. The van der Waals surface area contributed by atoms with Gasteiger partial charge in [-0.25, -0.2) is 5.14 Å². The summed E-state index contributed by atoms with van der Waals surface area (Å²) in [5.41, 5.74) is 0. The summed E-state index contributed by atoms with van der Waals surface area (Å²) in [7, 11) is -3.63. The van der Waals surface area contributed by atoms with E-state index in [9.17, 15) is 13.2 Å². The molecule has 2 atom stereocenters. The molecule has 134 valence electrons. The Morgan fingerprint density at radius 3 is 2.48 bits per heavy atom. The van der Waals surface area contributed by atoms with E-state index in [1.54, 1.807) is 0 Å². The van der Waals surface area contributed by atoms with Gasteiger partial charge in [-0.05, 0) is 31.6 Å². The third kappa shape index (κ3) is 5.70. The Morgan fingerprint density at radius 1 is 1.22 bits per heavy atom. The Balaban J connectivity index is 1.62. The number of nitrogens with one attached hydrogen (secondary N) is 1. The summed E-state index contributed by atoms with van der Waals surface area (Å²) in [6.45, 7) is 3.90. The molecule has 0 bridgehead atoms. The first-order valence-corrected chi connectivity index (χ1v) is 10.1. The van der Waals surface area contributed by atoms with E-state index in [1.165, 1.54) is 23.6 Å². The van der Waals surface area contributed by atoms with E-state index in [-0.39, 0.29) is 11.8 Å². The molecule has 1 heterocycles. The van der Waals surface area contributed by atoms with Gasteiger partial charge in [0.1, 0.15) is 0 Å². The van der Waals surface area contributed by atoms with Crippen LogP contribution in [0, 0.1) is 11.8 Å². The molecule has 2 aliphatic rings. The van der Waals surface area contributed by atoms with E-state index in [0.29, 0.717) is 51.1 Å². The molecule has 3 N–H and O–H groups in total. The zero-order valence-electron chi connectivity index (χ0n) is 13.9. The maximum Gasteiger partial charge on any atom is 0.276 e. The number of ether oxygens (including phenoxy) is 1. The number of hydrogen-bond donors (Lipinski definition) is 2. The standard InChI is InChI=1S/C15H29N3O4S/c1-12-4-2-3-5-14(12)22-11-8-17-15(19)13-6-9-18(10-7-13)23(16,20)21/h12-14H,2-11H2,1H3,(H,17,19)(H2,16,20,21)/t12-,14-/m0/s1. The van der Waals surface area contributed by atoms with Crippen LogP contribution in [0.1, 0.15) is 45.4 Å². The molecule has 0 spiro atoms. The van der Waals surface area contributed by atoms with Crippen LogP contribution in [0.25, 0.3) is 0 Å². The molecule has 0 aromatic rings. The smallest absolute Gasteiger partial charge is 0.276 e. The van der Waals surface area contributed by atoms with Crippen molar-refractivity contribution in [2.45, 2.75) is 51.6 Å². The lowest BCUT2D eigenvalue weighted by Crippen LogP contribution is -2.45. The lowest BCUT2D eigenvalue weighted by atomic mass is 9.88. The van der Waals surface area contributed by atoms with Crippen molar-refractivity contribution < 1.29 is 17.9 Å². The minimum absolute atomic E-state index is 0.0145. The van der Waals surface area contributed by atoms with Crippen molar-refractivity contribution in [1.29, 1.82) is 0 Å². The van der Waals surface area contributed by atoms with E-state index in [1.807, 2.05) is 0 Å². The topological polar surface area (TPSA) is 102 Å². The summed E-state index contributed by atoms with van der Waals surface area (Å²) in [6.07, 6.45) is 6.20. The highest BCUT2D eigenvalue weighted by atomic mass is 32.2. The normalized spacial score (nSPS) is 27.7. The van der Waals surface area contributed by atoms with Gasteiger partial charge in [0.25, 0.3) is 10.2 Å². The number of carbonyl (C=O) groups excluding carboxylic acids is 1. The number of carbonyl (C=O) groups is 1. The highest BCUT2D eigenvalue weighted by molar-refractivity contribution is 7.86. The molecule has 0 unspecified atom stereocenters. The van der Waals surface area contributed by atoms with Crippen LogP contribution in [0.3, 0.4) is 0 Å². The molecule has 2 rings (SSSR count). The molecule has 23 heavy (non-hydrogen) atoms. The Kier molecular flexibility index (Phi) is 6.82. The molecular weight excluding hydrogens is 318 g/mol. The fraction of sp³-hybridized carbons (Fsp3) is 0.933. The van der Waals surface area contributed by atoms with E-state index < -0.39 is 10.2 Å². The van der Waals surface area contributed by atoms with E-state index >= 15 is 0 Å². The van der Waals surface area contributed by atoms with E-state index in [0.717, 1.165) is 6.42 Å². The zero-order valence-corrected chi connectivity index (χ0v) is 14.7. The van der Waals surface area contributed by atoms with Crippen LogP contribution in [-0.4, -0.2) is 51.0 Å². The zero-order chi connectivity index (χ0) is 16.9. The van der Waals surface area contributed by atoms with Crippen LogP contribution >= 0.6 is 0 Å². The van der Waals surface area contributed by atoms with Crippen molar-refractivity contribution in [1.82, 2.24) is 9.62 Å². The van der Waals surface area contributed by atoms with Gasteiger partial charge in [-0.2, -0.15) is 12.7 Å². The molecule has 0 aromatic carbocycles. The van der Waals surface area contributed by atoms with Crippen molar-refractivity contribution in [3.8, 4) is 0 Å². The SMILES string of the molecule is C[C@H]1CCCC[C@@H]1OCCNC(=O)C1CCN(S(N)(=O)=O)CC1. The summed E-state index contributed by atoms with van der Waals surface area (Å²) < 4.78 is 29.6. The maximum absolute atomic E-state index is 12.1. The lowest BCUT2D eigenvalue weighted by Gasteiger charge is -2.30. The van der Waals surface area contributed by atoms with Crippen LogP contribution in [-0.2, 0) is 19.7 Å². The average Bonchev–Trinajstić information content (AvgIpc) is 2.52. The molecule has 1 saturated carbocycles. The summed E-state index contributed by atoms with van der Waals surface area (Å²) >= 11 is 0. The Bertz CT molecular complexity index is 489. The molecule has 1 saturated heterocycles. The van der Waals surface area contributed by atoms with Crippen LogP contribution < -0.4 is 10.5 Å². The third-order valence-electron chi connectivity index (χ3n) is 4.95. The monoisotopic (exact) mass is 347 g/mol. The molecular formula is C15H29N3O4S. The fourth-order valence-corrected chi connectivity index (χ4v) is 4.15. The van der Waals surface area contributed by atoms with Crippen molar-refractivity contribution in [3.63, 3.8) is 0 Å². The Labute approximate surface area is 139 Å². The largest absolute Gasteiger partial charge is 0.376 e.